The van der Waals surface area contributed by atoms with E-state index in [0.29, 0.717) is 29.0 Å². The Hall–Kier alpha value is -4.13. The first kappa shape index (κ1) is 22.1. The molecule has 7 nitrogen and oxygen atoms in total. The Labute approximate surface area is 191 Å². The number of hydrogen-bond donors (Lipinski definition) is 2. The van der Waals surface area contributed by atoms with Crippen molar-refractivity contribution in [2.45, 2.75) is 26.4 Å². The number of carbonyl (C=O) groups excluding carboxylic acids is 2. The van der Waals surface area contributed by atoms with Gasteiger partial charge in [-0.2, -0.15) is 0 Å². The highest BCUT2D eigenvalue weighted by Gasteiger charge is 2.22. The molecule has 0 saturated heterocycles. The fourth-order valence-corrected chi connectivity index (χ4v) is 3.49. The van der Waals surface area contributed by atoms with Crippen LogP contribution < -0.4 is 10.1 Å². The minimum absolute atomic E-state index is 0.342. The lowest BCUT2D eigenvalue weighted by Crippen LogP contribution is -2.32. The van der Waals surface area contributed by atoms with E-state index in [4.69, 9.17) is 9.47 Å². The van der Waals surface area contributed by atoms with Gasteiger partial charge in [-0.25, -0.2) is 9.78 Å². The molecule has 0 aliphatic carbocycles. The van der Waals surface area contributed by atoms with Crippen LogP contribution in [0.2, 0.25) is 0 Å². The molecule has 2 N–H and O–H groups in total. The number of carbonyl (C=O) groups is 2. The molecule has 1 heterocycles. The number of aromatic amines is 1. The van der Waals surface area contributed by atoms with Gasteiger partial charge < -0.3 is 19.8 Å². The second-order valence-corrected chi connectivity index (χ2v) is 7.71. The van der Waals surface area contributed by atoms with Gasteiger partial charge in [-0.05, 0) is 73.5 Å². The molecule has 1 amide bonds. The van der Waals surface area contributed by atoms with Gasteiger partial charge in [-0.1, -0.05) is 19.1 Å². The van der Waals surface area contributed by atoms with E-state index in [9.17, 15) is 9.59 Å². The second kappa shape index (κ2) is 9.56. The standard InChI is InChI=1S/C26H25N3O4/c1-4-23(25(30)27-19-7-5-6-16(2)14-19)33-26(31)18-10-13-21-22(15-18)29-24(28-21)17-8-11-20(32-3)12-9-17/h5-15,23H,4H2,1-3H3,(H,27,30)(H,28,29). The predicted molar refractivity (Wildman–Crippen MR) is 127 cm³/mol. The molecule has 0 radical (unpaired) electrons. The molecule has 1 atom stereocenters. The number of nitrogens with zero attached hydrogens (tertiary/aromatic N) is 1. The van der Waals surface area contributed by atoms with Gasteiger partial charge in [0.25, 0.3) is 5.91 Å². The maximum atomic E-state index is 12.8. The highest BCUT2D eigenvalue weighted by atomic mass is 16.5. The SMILES string of the molecule is CCC(OC(=O)c1ccc2nc(-c3ccc(OC)cc3)[nH]c2c1)C(=O)Nc1cccc(C)c1. The maximum Gasteiger partial charge on any atom is 0.338 e. The number of imidazole rings is 1. The Bertz CT molecular complexity index is 1290. The molecule has 168 valence electrons. The zero-order valence-electron chi connectivity index (χ0n) is 18.7. The van der Waals surface area contributed by atoms with Gasteiger partial charge in [0.15, 0.2) is 6.10 Å². The van der Waals surface area contributed by atoms with Crippen molar-refractivity contribution in [1.29, 1.82) is 0 Å². The lowest BCUT2D eigenvalue weighted by atomic mass is 10.2. The van der Waals surface area contributed by atoms with Crippen molar-refractivity contribution in [2.75, 3.05) is 12.4 Å². The number of rotatable bonds is 7. The number of aryl methyl sites for hydroxylation is 1. The van der Waals surface area contributed by atoms with Crippen molar-refractivity contribution in [1.82, 2.24) is 9.97 Å². The first-order valence-corrected chi connectivity index (χ1v) is 10.7. The minimum Gasteiger partial charge on any atom is -0.497 e. The van der Waals surface area contributed by atoms with Gasteiger partial charge in [0, 0.05) is 11.3 Å². The zero-order valence-corrected chi connectivity index (χ0v) is 18.7. The summed E-state index contributed by atoms with van der Waals surface area (Å²) >= 11 is 0. The summed E-state index contributed by atoms with van der Waals surface area (Å²) in [7, 11) is 1.62. The van der Waals surface area contributed by atoms with Crippen molar-refractivity contribution >= 4 is 28.6 Å². The van der Waals surface area contributed by atoms with Crippen molar-refractivity contribution in [3.05, 3.63) is 77.9 Å². The number of hydrogen-bond acceptors (Lipinski definition) is 5. The molecule has 0 spiro atoms. The summed E-state index contributed by atoms with van der Waals surface area (Å²) in [5, 5.41) is 2.81. The van der Waals surface area contributed by atoms with Crippen LogP contribution in [0.15, 0.2) is 66.7 Å². The third-order valence-corrected chi connectivity index (χ3v) is 5.28. The Kier molecular flexibility index (Phi) is 6.40. The van der Waals surface area contributed by atoms with Crippen LogP contribution in [-0.2, 0) is 9.53 Å². The van der Waals surface area contributed by atoms with Crippen LogP contribution in [0.1, 0.15) is 29.3 Å². The summed E-state index contributed by atoms with van der Waals surface area (Å²) in [6.07, 6.45) is -0.539. The summed E-state index contributed by atoms with van der Waals surface area (Å²) in [6.45, 7) is 3.74. The normalized spacial score (nSPS) is 11.7. The first-order valence-electron chi connectivity index (χ1n) is 10.7. The van der Waals surface area contributed by atoms with E-state index < -0.39 is 12.1 Å². The van der Waals surface area contributed by atoms with Crippen LogP contribution in [0, 0.1) is 6.92 Å². The maximum absolute atomic E-state index is 12.8. The Morgan fingerprint density at radius 1 is 1.06 bits per heavy atom. The number of methoxy groups -OCH3 is 1. The summed E-state index contributed by atoms with van der Waals surface area (Å²) < 4.78 is 10.7. The molecule has 7 heteroatoms. The molecule has 4 aromatic rings. The van der Waals surface area contributed by atoms with Gasteiger partial charge in [0.05, 0.1) is 23.7 Å². The van der Waals surface area contributed by atoms with Gasteiger partial charge >= 0.3 is 5.97 Å². The summed E-state index contributed by atoms with van der Waals surface area (Å²) in [5.41, 5.74) is 4.36. The number of aromatic nitrogens is 2. The van der Waals surface area contributed by atoms with Crippen molar-refractivity contribution in [3.8, 4) is 17.1 Å². The van der Waals surface area contributed by atoms with E-state index in [0.717, 1.165) is 22.4 Å². The molecule has 1 unspecified atom stereocenters. The van der Waals surface area contributed by atoms with Gasteiger partial charge in [-0.15, -0.1) is 0 Å². The number of benzene rings is 3. The van der Waals surface area contributed by atoms with Crippen LogP contribution in [-0.4, -0.2) is 35.1 Å². The molecule has 0 saturated carbocycles. The van der Waals surface area contributed by atoms with E-state index in [1.165, 1.54) is 0 Å². The number of fused-ring (bicyclic) bond motifs is 1. The van der Waals surface area contributed by atoms with E-state index in [-0.39, 0.29) is 5.91 Å². The van der Waals surface area contributed by atoms with Crippen LogP contribution in [0.25, 0.3) is 22.4 Å². The van der Waals surface area contributed by atoms with E-state index >= 15 is 0 Å². The number of anilines is 1. The quantitative estimate of drug-likeness (QED) is 0.387. The Balaban J connectivity index is 1.49. The molecule has 0 bridgehead atoms. The lowest BCUT2D eigenvalue weighted by Gasteiger charge is -2.16. The van der Waals surface area contributed by atoms with Gasteiger partial charge in [0.2, 0.25) is 0 Å². The third-order valence-electron chi connectivity index (χ3n) is 5.28. The lowest BCUT2D eigenvalue weighted by molar-refractivity contribution is -0.124. The molecule has 1 aromatic heterocycles. The third kappa shape index (κ3) is 5.03. The van der Waals surface area contributed by atoms with Crippen molar-refractivity contribution < 1.29 is 19.1 Å². The highest BCUT2D eigenvalue weighted by molar-refractivity contribution is 5.99. The average molecular weight is 444 g/mol. The van der Waals surface area contributed by atoms with E-state index in [2.05, 4.69) is 15.3 Å². The van der Waals surface area contributed by atoms with Gasteiger partial charge in [-0.3, -0.25) is 4.79 Å². The monoisotopic (exact) mass is 443 g/mol. The summed E-state index contributed by atoms with van der Waals surface area (Å²) in [4.78, 5) is 33.2. The number of amides is 1. The number of nitrogens with one attached hydrogen (secondary N) is 2. The smallest absolute Gasteiger partial charge is 0.338 e. The Morgan fingerprint density at radius 3 is 2.55 bits per heavy atom. The zero-order chi connectivity index (χ0) is 23.4. The summed E-state index contributed by atoms with van der Waals surface area (Å²) in [5.74, 6) is 0.517. The summed E-state index contributed by atoms with van der Waals surface area (Å²) in [6, 6.07) is 20.1. The van der Waals surface area contributed by atoms with Crippen LogP contribution in [0.4, 0.5) is 5.69 Å². The van der Waals surface area contributed by atoms with Crippen molar-refractivity contribution in [2.24, 2.45) is 0 Å². The predicted octanol–water partition coefficient (Wildman–Crippen LogP) is 5.12. The molecule has 33 heavy (non-hydrogen) atoms. The minimum atomic E-state index is -0.898. The fraction of sp³-hybridized carbons (Fsp3) is 0.192. The van der Waals surface area contributed by atoms with Crippen LogP contribution in [0.3, 0.4) is 0 Å². The average Bonchev–Trinajstić information content (AvgIpc) is 3.26. The fourth-order valence-electron chi connectivity index (χ4n) is 3.49. The number of ether oxygens (including phenoxy) is 2. The Morgan fingerprint density at radius 2 is 1.85 bits per heavy atom. The first-order chi connectivity index (χ1) is 16.0. The molecular formula is C26H25N3O4. The molecule has 0 fully saturated rings. The number of esters is 1. The van der Waals surface area contributed by atoms with E-state index in [1.54, 1.807) is 38.3 Å². The van der Waals surface area contributed by atoms with Crippen molar-refractivity contribution in [3.63, 3.8) is 0 Å². The largest absolute Gasteiger partial charge is 0.497 e. The number of H-pyrrole nitrogens is 1. The van der Waals surface area contributed by atoms with Gasteiger partial charge in [0.1, 0.15) is 11.6 Å². The second-order valence-electron chi connectivity index (χ2n) is 7.71. The topological polar surface area (TPSA) is 93.3 Å². The van der Waals surface area contributed by atoms with Crippen LogP contribution in [0.5, 0.6) is 5.75 Å². The molecule has 0 aliphatic heterocycles. The van der Waals surface area contributed by atoms with E-state index in [1.807, 2.05) is 49.4 Å². The highest BCUT2D eigenvalue weighted by Crippen LogP contribution is 2.24. The molecular weight excluding hydrogens is 418 g/mol. The molecule has 3 aromatic carbocycles. The molecule has 0 aliphatic rings. The molecule has 4 rings (SSSR count). The van der Waals surface area contributed by atoms with Crippen LogP contribution >= 0.6 is 0 Å².